The van der Waals surface area contributed by atoms with E-state index in [2.05, 4.69) is 4.74 Å². The Hall–Kier alpha value is -2.28. The molecule has 0 fully saturated rings. The summed E-state index contributed by atoms with van der Waals surface area (Å²) in [6.45, 7) is 0.0634. The lowest BCUT2D eigenvalue weighted by atomic mass is 10.1. The summed E-state index contributed by atoms with van der Waals surface area (Å²) in [5.41, 5.74) is 5.99. The van der Waals surface area contributed by atoms with E-state index in [0.29, 0.717) is 5.56 Å². The minimum absolute atomic E-state index is 0.0162. The lowest BCUT2D eigenvalue weighted by Gasteiger charge is -2.21. The number of hydrogen-bond donors (Lipinski definition) is 3. The molecule has 7 nitrogen and oxygen atoms in total. The maximum atomic E-state index is 11.9. The monoisotopic (exact) mass is 282 g/mol. The van der Waals surface area contributed by atoms with Gasteiger partial charge in [0.1, 0.15) is 11.5 Å². The van der Waals surface area contributed by atoms with Gasteiger partial charge < -0.3 is 25.6 Å². The highest BCUT2D eigenvalue weighted by atomic mass is 16.5. The van der Waals surface area contributed by atoms with E-state index in [4.69, 9.17) is 5.73 Å². The fourth-order valence-electron chi connectivity index (χ4n) is 1.67. The zero-order valence-corrected chi connectivity index (χ0v) is 11.4. The summed E-state index contributed by atoms with van der Waals surface area (Å²) >= 11 is 0. The SMILES string of the molecule is COC(=O)C[C@H](N)C(=O)N(C)Cc1cc(O)ccc1O. The molecule has 0 saturated carbocycles. The van der Waals surface area contributed by atoms with Crippen molar-refractivity contribution >= 4 is 11.9 Å². The Morgan fingerprint density at radius 1 is 1.40 bits per heavy atom. The van der Waals surface area contributed by atoms with Crippen molar-refractivity contribution in [2.75, 3.05) is 14.2 Å². The van der Waals surface area contributed by atoms with E-state index >= 15 is 0 Å². The number of nitrogens with two attached hydrogens (primary N) is 1. The molecule has 0 radical (unpaired) electrons. The summed E-state index contributed by atoms with van der Waals surface area (Å²) in [5.74, 6) is -1.08. The van der Waals surface area contributed by atoms with Crippen LogP contribution in [0, 0.1) is 0 Å². The molecule has 0 unspecified atom stereocenters. The molecule has 0 aromatic heterocycles. The second-order valence-electron chi connectivity index (χ2n) is 4.39. The van der Waals surface area contributed by atoms with E-state index in [9.17, 15) is 19.8 Å². The van der Waals surface area contributed by atoms with Crippen LogP contribution < -0.4 is 5.73 Å². The molecule has 0 bridgehead atoms. The number of benzene rings is 1. The van der Waals surface area contributed by atoms with E-state index in [1.807, 2.05) is 0 Å². The molecule has 0 aliphatic rings. The van der Waals surface area contributed by atoms with Gasteiger partial charge in [0.15, 0.2) is 0 Å². The van der Waals surface area contributed by atoms with Crippen LogP contribution in [-0.2, 0) is 20.9 Å². The normalized spacial score (nSPS) is 11.8. The number of carbonyl (C=O) groups excluding carboxylic acids is 2. The zero-order valence-electron chi connectivity index (χ0n) is 11.4. The predicted molar refractivity (Wildman–Crippen MR) is 70.9 cm³/mol. The van der Waals surface area contributed by atoms with Gasteiger partial charge in [-0.25, -0.2) is 0 Å². The second-order valence-corrected chi connectivity index (χ2v) is 4.39. The van der Waals surface area contributed by atoms with Crippen molar-refractivity contribution < 1.29 is 24.5 Å². The van der Waals surface area contributed by atoms with Gasteiger partial charge in [0.25, 0.3) is 0 Å². The van der Waals surface area contributed by atoms with Gasteiger partial charge >= 0.3 is 5.97 Å². The Kier molecular flexibility index (Phi) is 5.33. The van der Waals surface area contributed by atoms with Crippen LogP contribution >= 0.6 is 0 Å². The second kappa shape index (κ2) is 6.76. The summed E-state index contributed by atoms with van der Waals surface area (Å²) in [6, 6.07) is 3.01. The molecule has 20 heavy (non-hydrogen) atoms. The molecule has 0 heterocycles. The van der Waals surface area contributed by atoms with Crippen molar-refractivity contribution in [2.45, 2.75) is 19.0 Å². The third-order valence-electron chi connectivity index (χ3n) is 2.78. The molecule has 1 aromatic carbocycles. The topological polar surface area (TPSA) is 113 Å². The lowest BCUT2D eigenvalue weighted by molar-refractivity contribution is -0.144. The Morgan fingerprint density at radius 2 is 2.05 bits per heavy atom. The summed E-state index contributed by atoms with van der Waals surface area (Å²) in [7, 11) is 2.71. The number of likely N-dealkylation sites (N-methyl/N-ethyl adjacent to an activating group) is 1. The van der Waals surface area contributed by atoms with Crippen molar-refractivity contribution in [1.29, 1.82) is 0 Å². The third-order valence-corrected chi connectivity index (χ3v) is 2.78. The number of phenols is 2. The lowest BCUT2D eigenvalue weighted by Crippen LogP contribution is -2.42. The van der Waals surface area contributed by atoms with E-state index in [1.54, 1.807) is 0 Å². The molecule has 0 saturated heterocycles. The number of amides is 1. The zero-order chi connectivity index (χ0) is 15.3. The number of ether oxygens (including phenoxy) is 1. The number of aromatic hydroxyl groups is 2. The number of methoxy groups -OCH3 is 1. The fraction of sp³-hybridized carbons (Fsp3) is 0.385. The minimum atomic E-state index is -1.01. The van der Waals surface area contributed by atoms with Crippen LogP contribution in [0.25, 0.3) is 0 Å². The highest BCUT2D eigenvalue weighted by molar-refractivity contribution is 5.86. The molecule has 1 amide bonds. The Bertz CT molecular complexity index is 504. The first kappa shape index (κ1) is 15.8. The van der Waals surface area contributed by atoms with Crippen LogP contribution in [-0.4, -0.2) is 47.2 Å². The number of phenolic OH excluding ortho intramolecular Hbond substituents is 2. The number of esters is 1. The van der Waals surface area contributed by atoms with Crippen LogP contribution in [0.5, 0.6) is 11.5 Å². The van der Waals surface area contributed by atoms with Crippen molar-refractivity contribution in [3.63, 3.8) is 0 Å². The van der Waals surface area contributed by atoms with E-state index in [-0.39, 0.29) is 24.5 Å². The molecule has 0 aliphatic carbocycles. The predicted octanol–water partition coefficient (Wildman–Crippen LogP) is -0.0534. The maximum absolute atomic E-state index is 11.9. The molecule has 7 heteroatoms. The highest BCUT2D eigenvalue weighted by Crippen LogP contribution is 2.23. The third kappa shape index (κ3) is 4.13. The van der Waals surface area contributed by atoms with Crippen LogP contribution in [0.2, 0.25) is 0 Å². The van der Waals surface area contributed by atoms with E-state index in [1.165, 1.54) is 37.3 Å². The Morgan fingerprint density at radius 3 is 2.65 bits per heavy atom. The average Bonchev–Trinajstić information content (AvgIpc) is 2.41. The van der Waals surface area contributed by atoms with Crippen molar-refractivity contribution in [1.82, 2.24) is 4.90 Å². The Balaban J connectivity index is 2.70. The van der Waals surface area contributed by atoms with Crippen LogP contribution in [0.1, 0.15) is 12.0 Å². The fourth-order valence-corrected chi connectivity index (χ4v) is 1.67. The number of rotatable bonds is 5. The smallest absolute Gasteiger partial charge is 0.307 e. The molecular formula is C13H18N2O5. The quantitative estimate of drug-likeness (QED) is 0.515. The first-order valence-corrected chi connectivity index (χ1v) is 5.93. The summed E-state index contributed by atoms with van der Waals surface area (Å²) < 4.78 is 4.44. The van der Waals surface area contributed by atoms with Crippen molar-refractivity contribution in [3.05, 3.63) is 23.8 Å². The van der Waals surface area contributed by atoms with Gasteiger partial charge in [-0.3, -0.25) is 9.59 Å². The molecular weight excluding hydrogens is 264 g/mol. The van der Waals surface area contributed by atoms with Crippen molar-refractivity contribution in [2.24, 2.45) is 5.73 Å². The highest BCUT2D eigenvalue weighted by Gasteiger charge is 2.22. The van der Waals surface area contributed by atoms with Gasteiger partial charge in [-0.15, -0.1) is 0 Å². The van der Waals surface area contributed by atoms with Crippen molar-refractivity contribution in [3.8, 4) is 11.5 Å². The molecule has 110 valence electrons. The van der Waals surface area contributed by atoms with E-state index < -0.39 is 17.9 Å². The van der Waals surface area contributed by atoms with Gasteiger partial charge in [0.2, 0.25) is 5.91 Å². The molecule has 1 rings (SSSR count). The number of hydrogen-bond acceptors (Lipinski definition) is 6. The standard InChI is InChI=1S/C13H18N2O5/c1-15(13(19)10(14)6-12(18)20-2)7-8-5-9(16)3-4-11(8)17/h3-5,10,16-17H,6-7,14H2,1-2H3/t10-/m0/s1. The molecule has 0 aliphatic heterocycles. The van der Waals surface area contributed by atoms with Gasteiger partial charge in [-0.2, -0.15) is 0 Å². The first-order chi connectivity index (χ1) is 9.35. The molecule has 4 N–H and O–H groups in total. The van der Waals surface area contributed by atoms with Gasteiger partial charge in [-0.05, 0) is 18.2 Å². The molecule has 1 atom stereocenters. The van der Waals surface area contributed by atoms with Crippen LogP contribution in [0.4, 0.5) is 0 Å². The van der Waals surface area contributed by atoms with Crippen LogP contribution in [0.15, 0.2) is 18.2 Å². The average molecular weight is 282 g/mol. The van der Waals surface area contributed by atoms with E-state index in [0.717, 1.165) is 0 Å². The maximum Gasteiger partial charge on any atom is 0.307 e. The van der Waals surface area contributed by atoms with Gasteiger partial charge in [0.05, 0.1) is 19.6 Å². The molecule has 0 spiro atoms. The van der Waals surface area contributed by atoms with Gasteiger partial charge in [-0.1, -0.05) is 0 Å². The Labute approximate surface area is 116 Å². The first-order valence-electron chi connectivity index (χ1n) is 5.93. The summed E-state index contributed by atoms with van der Waals surface area (Å²) in [5, 5.41) is 19.0. The minimum Gasteiger partial charge on any atom is -0.508 e. The molecule has 1 aromatic rings. The number of carbonyl (C=O) groups is 2. The summed E-state index contributed by atoms with van der Waals surface area (Å²) in [6.07, 6.45) is -0.217. The number of nitrogens with zero attached hydrogens (tertiary/aromatic N) is 1. The largest absolute Gasteiger partial charge is 0.508 e. The van der Waals surface area contributed by atoms with Gasteiger partial charge in [0, 0.05) is 19.2 Å². The van der Waals surface area contributed by atoms with Crippen LogP contribution in [0.3, 0.4) is 0 Å². The summed E-state index contributed by atoms with van der Waals surface area (Å²) in [4.78, 5) is 24.3.